The molecule has 2 N–H and O–H groups in total. The Morgan fingerprint density at radius 3 is 2.25 bits per heavy atom. The van der Waals surface area contributed by atoms with Crippen molar-refractivity contribution < 1.29 is 23.1 Å². The molecule has 7 nitrogen and oxygen atoms in total. The minimum absolute atomic E-state index is 0.109. The zero-order valence-electron chi connectivity index (χ0n) is 13.7. The van der Waals surface area contributed by atoms with Gasteiger partial charge in [-0.3, -0.25) is 9.59 Å². The molecule has 1 aromatic rings. The molecular formula is C16H22N2O5S. The van der Waals surface area contributed by atoms with Crippen LogP contribution in [0.5, 0.6) is 0 Å². The molecule has 8 heteroatoms. The van der Waals surface area contributed by atoms with Crippen molar-refractivity contribution in [3.8, 4) is 0 Å². The Kier molecular flexibility index (Phi) is 5.61. The summed E-state index contributed by atoms with van der Waals surface area (Å²) in [5.74, 6) is -1.63. The maximum atomic E-state index is 12.4. The standard InChI is InChI=1S/C16H22N2O5S/c1-11-3-5-14(6-4-11)24(22,23)17-12(2)15(19)18-9-7-13(8-10-18)16(20)21/h3-6,12-13,17H,7-10H2,1-2H3,(H,20,21)/t12-/m1/s1. The summed E-state index contributed by atoms with van der Waals surface area (Å²) >= 11 is 0. The molecule has 0 bridgehead atoms. The number of likely N-dealkylation sites (tertiary alicyclic amines) is 1. The number of sulfonamides is 1. The SMILES string of the molecule is Cc1ccc(S(=O)(=O)N[C@H](C)C(=O)N2CCC(C(=O)O)CC2)cc1. The molecule has 1 aromatic carbocycles. The maximum Gasteiger partial charge on any atom is 0.306 e. The third-order valence-electron chi connectivity index (χ3n) is 4.19. The average Bonchev–Trinajstić information content (AvgIpc) is 2.54. The van der Waals surface area contributed by atoms with Crippen molar-refractivity contribution in [1.29, 1.82) is 0 Å². The van der Waals surface area contributed by atoms with Gasteiger partial charge in [-0.1, -0.05) is 17.7 Å². The maximum absolute atomic E-state index is 12.4. The predicted octanol–water partition coefficient (Wildman–Crippen LogP) is 0.985. The number of piperidine rings is 1. The van der Waals surface area contributed by atoms with E-state index in [1.807, 2.05) is 6.92 Å². The summed E-state index contributed by atoms with van der Waals surface area (Å²) in [6.45, 7) is 4.01. The number of rotatable bonds is 5. The van der Waals surface area contributed by atoms with Crippen LogP contribution >= 0.6 is 0 Å². The molecule has 2 rings (SSSR count). The van der Waals surface area contributed by atoms with Crippen LogP contribution in [0.3, 0.4) is 0 Å². The number of carbonyl (C=O) groups is 2. The summed E-state index contributed by atoms with van der Waals surface area (Å²) < 4.78 is 27.0. The van der Waals surface area contributed by atoms with Crippen LogP contribution in [0, 0.1) is 12.8 Å². The van der Waals surface area contributed by atoms with Crippen LogP contribution in [-0.2, 0) is 19.6 Å². The van der Waals surface area contributed by atoms with Gasteiger partial charge in [-0.05, 0) is 38.8 Å². The first-order valence-corrected chi connectivity index (χ1v) is 9.29. The third-order valence-corrected chi connectivity index (χ3v) is 5.75. The van der Waals surface area contributed by atoms with Gasteiger partial charge in [-0.25, -0.2) is 8.42 Å². The Bertz CT molecular complexity index is 706. The molecule has 0 spiro atoms. The Morgan fingerprint density at radius 1 is 1.21 bits per heavy atom. The lowest BCUT2D eigenvalue weighted by Gasteiger charge is -2.32. The summed E-state index contributed by atoms with van der Waals surface area (Å²) in [7, 11) is -3.78. The van der Waals surface area contributed by atoms with Crippen LogP contribution in [-0.4, -0.2) is 49.4 Å². The van der Waals surface area contributed by atoms with Crippen molar-refractivity contribution in [3.05, 3.63) is 29.8 Å². The molecule has 0 saturated carbocycles. The van der Waals surface area contributed by atoms with Crippen LogP contribution in [0.2, 0.25) is 0 Å². The van der Waals surface area contributed by atoms with Gasteiger partial charge in [0, 0.05) is 13.1 Å². The van der Waals surface area contributed by atoms with Gasteiger partial charge in [0.1, 0.15) is 0 Å². The molecule has 132 valence electrons. The third kappa shape index (κ3) is 4.33. The largest absolute Gasteiger partial charge is 0.481 e. The zero-order valence-corrected chi connectivity index (χ0v) is 14.5. The lowest BCUT2D eigenvalue weighted by Crippen LogP contribution is -2.49. The number of nitrogens with zero attached hydrogens (tertiary/aromatic N) is 1. The number of hydrogen-bond donors (Lipinski definition) is 2. The Balaban J connectivity index is 1.99. The number of aliphatic carboxylic acids is 1. The molecule has 1 amide bonds. The van der Waals surface area contributed by atoms with Crippen molar-refractivity contribution in [1.82, 2.24) is 9.62 Å². The van der Waals surface area contributed by atoms with E-state index < -0.39 is 28.0 Å². The summed E-state index contributed by atoms with van der Waals surface area (Å²) in [6, 6.07) is 5.47. The number of hydrogen-bond acceptors (Lipinski definition) is 4. The Hall–Kier alpha value is -1.93. The fraction of sp³-hybridized carbons (Fsp3) is 0.500. The van der Waals surface area contributed by atoms with E-state index in [4.69, 9.17) is 5.11 Å². The Morgan fingerprint density at radius 2 is 1.75 bits per heavy atom. The molecule has 24 heavy (non-hydrogen) atoms. The quantitative estimate of drug-likeness (QED) is 0.820. The van der Waals surface area contributed by atoms with E-state index in [0.717, 1.165) is 5.56 Å². The highest BCUT2D eigenvalue weighted by atomic mass is 32.2. The second-order valence-corrected chi connectivity index (χ2v) is 7.81. The van der Waals surface area contributed by atoms with Gasteiger partial charge < -0.3 is 10.0 Å². The number of aryl methyl sites for hydroxylation is 1. The van der Waals surface area contributed by atoms with E-state index in [-0.39, 0.29) is 10.8 Å². The van der Waals surface area contributed by atoms with Crippen molar-refractivity contribution in [3.63, 3.8) is 0 Å². The molecule has 1 aliphatic rings. The number of benzene rings is 1. The molecular weight excluding hydrogens is 332 g/mol. The molecule has 0 aromatic heterocycles. The van der Waals surface area contributed by atoms with Crippen LogP contribution in [0.1, 0.15) is 25.3 Å². The topological polar surface area (TPSA) is 104 Å². The highest BCUT2D eigenvalue weighted by molar-refractivity contribution is 7.89. The number of carbonyl (C=O) groups excluding carboxylic acids is 1. The summed E-state index contributed by atoms with van der Waals surface area (Å²) in [4.78, 5) is 25.0. The van der Waals surface area contributed by atoms with E-state index in [1.54, 1.807) is 12.1 Å². The molecule has 1 saturated heterocycles. The lowest BCUT2D eigenvalue weighted by molar-refractivity contribution is -0.146. The van der Waals surface area contributed by atoms with Gasteiger partial charge in [0.25, 0.3) is 0 Å². The summed E-state index contributed by atoms with van der Waals surface area (Å²) in [6.07, 6.45) is 0.775. The molecule has 1 heterocycles. The normalized spacial score (nSPS) is 17.5. The number of amides is 1. The van der Waals surface area contributed by atoms with Crippen LogP contribution in [0.25, 0.3) is 0 Å². The highest BCUT2D eigenvalue weighted by Gasteiger charge is 2.30. The molecule has 1 aliphatic heterocycles. The van der Waals surface area contributed by atoms with Crippen molar-refractivity contribution >= 4 is 21.9 Å². The monoisotopic (exact) mass is 354 g/mol. The number of carboxylic acids is 1. The van der Waals surface area contributed by atoms with Crippen molar-refractivity contribution in [2.24, 2.45) is 5.92 Å². The lowest BCUT2D eigenvalue weighted by atomic mass is 9.97. The van der Waals surface area contributed by atoms with Gasteiger partial charge >= 0.3 is 5.97 Å². The van der Waals surface area contributed by atoms with Gasteiger partial charge in [0.2, 0.25) is 15.9 Å². The molecule has 1 atom stereocenters. The van der Waals surface area contributed by atoms with Gasteiger partial charge in [-0.2, -0.15) is 4.72 Å². The summed E-state index contributed by atoms with van der Waals surface area (Å²) in [5, 5.41) is 8.98. The Labute approximate surface area is 141 Å². The molecule has 0 aliphatic carbocycles. The highest BCUT2D eigenvalue weighted by Crippen LogP contribution is 2.18. The summed E-state index contributed by atoms with van der Waals surface area (Å²) in [5.41, 5.74) is 0.944. The first-order valence-electron chi connectivity index (χ1n) is 7.81. The number of nitrogens with one attached hydrogen (secondary N) is 1. The van der Waals surface area contributed by atoms with E-state index in [2.05, 4.69) is 4.72 Å². The van der Waals surface area contributed by atoms with E-state index in [1.165, 1.54) is 24.0 Å². The van der Waals surface area contributed by atoms with Gasteiger partial charge in [0.15, 0.2) is 0 Å². The van der Waals surface area contributed by atoms with E-state index in [9.17, 15) is 18.0 Å². The first-order chi connectivity index (χ1) is 11.2. The van der Waals surface area contributed by atoms with Crippen LogP contribution < -0.4 is 4.72 Å². The smallest absolute Gasteiger partial charge is 0.306 e. The van der Waals surface area contributed by atoms with Gasteiger partial charge in [0.05, 0.1) is 16.9 Å². The number of carboxylic acid groups (broad SMARTS) is 1. The van der Waals surface area contributed by atoms with E-state index in [0.29, 0.717) is 25.9 Å². The van der Waals surface area contributed by atoms with Crippen LogP contribution in [0.4, 0.5) is 0 Å². The minimum atomic E-state index is -3.78. The predicted molar refractivity (Wildman–Crippen MR) is 87.9 cm³/mol. The zero-order chi connectivity index (χ0) is 17.9. The average molecular weight is 354 g/mol. The van der Waals surface area contributed by atoms with E-state index >= 15 is 0 Å². The van der Waals surface area contributed by atoms with Crippen molar-refractivity contribution in [2.75, 3.05) is 13.1 Å². The fourth-order valence-electron chi connectivity index (χ4n) is 2.69. The second-order valence-electron chi connectivity index (χ2n) is 6.09. The first kappa shape index (κ1) is 18.4. The fourth-order valence-corrected chi connectivity index (χ4v) is 3.89. The molecule has 0 unspecified atom stereocenters. The van der Waals surface area contributed by atoms with Crippen LogP contribution in [0.15, 0.2) is 29.2 Å². The van der Waals surface area contributed by atoms with Crippen molar-refractivity contribution in [2.45, 2.75) is 37.6 Å². The van der Waals surface area contributed by atoms with Gasteiger partial charge in [-0.15, -0.1) is 0 Å². The second kappa shape index (κ2) is 7.31. The minimum Gasteiger partial charge on any atom is -0.481 e. The molecule has 1 fully saturated rings. The molecule has 0 radical (unpaired) electrons.